The Morgan fingerprint density at radius 1 is 0.973 bits per heavy atom. The van der Waals surface area contributed by atoms with Gasteiger partial charge in [-0.1, -0.05) is 72.3 Å². The van der Waals surface area contributed by atoms with Crippen LogP contribution in [0.4, 0.5) is 10.2 Å². The number of nitrogens with zero attached hydrogens (tertiary/aromatic N) is 2. The predicted molar refractivity (Wildman–Crippen MR) is 143 cm³/mol. The lowest BCUT2D eigenvalue weighted by Gasteiger charge is -2.38. The van der Waals surface area contributed by atoms with E-state index < -0.39 is 15.4 Å². The van der Waals surface area contributed by atoms with E-state index in [-0.39, 0.29) is 16.8 Å². The van der Waals surface area contributed by atoms with Crippen molar-refractivity contribution in [3.05, 3.63) is 119 Å². The summed E-state index contributed by atoms with van der Waals surface area (Å²) in [6.07, 6.45) is 7.11. The van der Waals surface area contributed by atoms with Gasteiger partial charge in [-0.15, -0.1) is 0 Å². The molecule has 0 aliphatic heterocycles. The SMILES string of the molecule is Cc1ccc(S(=O)(=O)N(c2n[nH]c3c2C=CC(c2ccccc2)(c2cccc(F)c2)C3)C2CCC2)cc1. The molecule has 0 amide bonds. The maximum absolute atomic E-state index is 14.3. The molecular formula is C30H28FN3O2S. The maximum atomic E-state index is 14.3. The van der Waals surface area contributed by atoms with Crippen molar-refractivity contribution in [2.45, 2.75) is 49.0 Å². The van der Waals surface area contributed by atoms with Crippen LogP contribution in [0.3, 0.4) is 0 Å². The van der Waals surface area contributed by atoms with Crippen molar-refractivity contribution in [2.75, 3.05) is 4.31 Å². The van der Waals surface area contributed by atoms with Crippen LogP contribution >= 0.6 is 0 Å². The van der Waals surface area contributed by atoms with Crippen LogP contribution in [0.15, 0.2) is 89.8 Å². The van der Waals surface area contributed by atoms with E-state index in [1.54, 1.807) is 24.3 Å². The van der Waals surface area contributed by atoms with Crippen molar-refractivity contribution < 1.29 is 12.8 Å². The van der Waals surface area contributed by atoms with Gasteiger partial charge in [0.15, 0.2) is 5.82 Å². The van der Waals surface area contributed by atoms with Crippen LogP contribution in [-0.2, 0) is 21.9 Å². The Morgan fingerprint density at radius 2 is 1.70 bits per heavy atom. The number of hydrogen-bond donors (Lipinski definition) is 1. The van der Waals surface area contributed by atoms with Crippen molar-refractivity contribution in [1.29, 1.82) is 0 Å². The van der Waals surface area contributed by atoms with Gasteiger partial charge in [0.05, 0.1) is 4.90 Å². The Bertz CT molecular complexity index is 1570. The molecule has 2 aliphatic carbocycles. The summed E-state index contributed by atoms with van der Waals surface area (Å²) in [6.45, 7) is 1.94. The zero-order chi connectivity index (χ0) is 25.6. The minimum absolute atomic E-state index is 0.129. The molecule has 4 aromatic rings. The normalized spacial score (nSPS) is 19.3. The number of benzene rings is 3. The number of sulfonamides is 1. The standard InChI is InChI=1S/C30H28FN3O2S/c1-21-13-15-26(16-14-21)37(35,36)34(25-11-6-12-25)29-27-17-18-30(20-28(27)32-33-29,22-7-3-2-4-8-22)23-9-5-10-24(31)19-23/h2-5,7-10,13-19,25H,6,11-12,20H2,1H3,(H,32,33). The van der Waals surface area contributed by atoms with Crippen LogP contribution in [0, 0.1) is 12.7 Å². The Balaban J connectivity index is 1.46. The first-order chi connectivity index (χ1) is 17.9. The Kier molecular flexibility index (Phi) is 5.75. The first kappa shape index (κ1) is 23.7. The Labute approximate surface area is 216 Å². The number of anilines is 1. The zero-order valence-corrected chi connectivity index (χ0v) is 21.4. The summed E-state index contributed by atoms with van der Waals surface area (Å²) >= 11 is 0. The van der Waals surface area contributed by atoms with E-state index in [9.17, 15) is 12.8 Å². The molecule has 1 saturated carbocycles. The van der Waals surface area contributed by atoms with Crippen LogP contribution in [0.1, 0.15) is 47.2 Å². The minimum Gasteiger partial charge on any atom is -0.280 e. The molecule has 3 aromatic carbocycles. The topological polar surface area (TPSA) is 66.1 Å². The molecule has 7 heteroatoms. The molecule has 1 heterocycles. The summed E-state index contributed by atoms with van der Waals surface area (Å²) in [5.41, 5.74) is 3.85. The van der Waals surface area contributed by atoms with Crippen LogP contribution in [0.5, 0.6) is 0 Å². The van der Waals surface area contributed by atoms with Crippen molar-refractivity contribution in [1.82, 2.24) is 10.2 Å². The molecule has 6 rings (SSSR count). The van der Waals surface area contributed by atoms with Crippen molar-refractivity contribution in [2.24, 2.45) is 0 Å². The highest BCUT2D eigenvalue weighted by molar-refractivity contribution is 7.92. The summed E-state index contributed by atoms with van der Waals surface area (Å²) in [6, 6.07) is 23.5. The van der Waals surface area contributed by atoms with Gasteiger partial charge in [-0.3, -0.25) is 5.10 Å². The van der Waals surface area contributed by atoms with Crippen LogP contribution in [-0.4, -0.2) is 24.7 Å². The molecule has 1 N–H and O–H groups in total. The zero-order valence-electron chi connectivity index (χ0n) is 20.6. The van der Waals surface area contributed by atoms with Gasteiger partial charge in [0, 0.05) is 29.1 Å². The number of rotatable bonds is 6. The van der Waals surface area contributed by atoms with E-state index in [0.717, 1.165) is 47.2 Å². The van der Waals surface area contributed by atoms with Gasteiger partial charge in [-0.05, 0) is 61.6 Å². The van der Waals surface area contributed by atoms with Gasteiger partial charge in [-0.25, -0.2) is 17.1 Å². The number of H-pyrrole nitrogens is 1. The molecule has 1 atom stereocenters. The van der Waals surface area contributed by atoms with Gasteiger partial charge in [0.1, 0.15) is 5.82 Å². The maximum Gasteiger partial charge on any atom is 0.265 e. The van der Waals surface area contributed by atoms with Gasteiger partial charge in [-0.2, -0.15) is 5.10 Å². The van der Waals surface area contributed by atoms with Crippen molar-refractivity contribution in [3.63, 3.8) is 0 Å². The molecule has 37 heavy (non-hydrogen) atoms. The Morgan fingerprint density at radius 3 is 2.38 bits per heavy atom. The summed E-state index contributed by atoms with van der Waals surface area (Å²) in [5, 5.41) is 7.73. The third-order valence-corrected chi connectivity index (χ3v) is 9.53. The number of fused-ring (bicyclic) bond motifs is 1. The van der Waals surface area contributed by atoms with E-state index in [1.807, 2.05) is 61.5 Å². The summed E-state index contributed by atoms with van der Waals surface area (Å²) in [5.74, 6) is 0.134. The average molecular weight is 514 g/mol. The van der Waals surface area contributed by atoms with E-state index in [0.29, 0.717) is 12.2 Å². The highest BCUT2D eigenvalue weighted by Crippen LogP contribution is 2.45. The quantitative estimate of drug-likeness (QED) is 0.336. The summed E-state index contributed by atoms with van der Waals surface area (Å²) in [7, 11) is -3.81. The fraction of sp³-hybridized carbons (Fsp3) is 0.233. The summed E-state index contributed by atoms with van der Waals surface area (Å²) < 4.78 is 43.6. The summed E-state index contributed by atoms with van der Waals surface area (Å²) in [4.78, 5) is 0.264. The first-order valence-corrected chi connectivity index (χ1v) is 14.0. The fourth-order valence-electron chi connectivity index (χ4n) is 5.41. The van der Waals surface area contributed by atoms with Gasteiger partial charge < -0.3 is 0 Å². The van der Waals surface area contributed by atoms with E-state index in [2.05, 4.69) is 16.3 Å². The second-order valence-electron chi connectivity index (χ2n) is 10.00. The average Bonchev–Trinajstić information content (AvgIpc) is 3.29. The number of aromatic nitrogens is 2. The molecule has 0 spiro atoms. The molecule has 0 saturated heterocycles. The van der Waals surface area contributed by atoms with Crippen molar-refractivity contribution in [3.8, 4) is 0 Å². The largest absolute Gasteiger partial charge is 0.280 e. The van der Waals surface area contributed by atoms with Gasteiger partial charge in [0.25, 0.3) is 10.0 Å². The number of aryl methyl sites for hydroxylation is 1. The first-order valence-electron chi connectivity index (χ1n) is 12.6. The Hall–Kier alpha value is -3.71. The second kappa shape index (κ2) is 8.99. The molecule has 5 nitrogen and oxygen atoms in total. The molecule has 1 aromatic heterocycles. The number of halogens is 1. The number of allylic oxidation sites excluding steroid dienone is 1. The van der Waals surface area contributed by atoms with E-state index >= 15 is 0 Å². The lowest BCUT2D eigenvalue weighted by Crippen LogP contribution is -2.45. The molecule has 1 unspecified atom stereocenters. The van der Waals surface area contributed by atoms with Crippen LogP contribution < -0.4 is 4.31 Å². The highest BCUT2D eigenvalue weighted by atomic mass is 32.2. The second-order valence-corrected chi connectivity index (χ2v) is 11.8. The smallest absolute Gasteiger partial charge is 0.265 e. The van der Waals surface area contributed by atoms with Crippen LogP contribution in [0.25, 0.3) is 6.08 Å². The molecule has 188 valence electrons. The van der Waals surface area contributed by atoms with Gasteiger partial charge >= 0.3 is 0 Å². The molecule has 2 aliphatic rings. The molecular weight excluding hydrogens is 485 g/mol. The number of nitrogens with one attached hydrogen (secondary N) is 1. The molecule has 0 bridgehead atoms. The van der Waals surface area contributed by atoms with E-state index in [4.69, 9.17) is 0 Å². The monoisotopic (exact) mass is 513 g/mol. The van der Waals surface area contributed by atoms with Crippen LogP contribution in [0.2, 0.25) is 0 Å². The van der Waals surface area contributed by atoms with E-state index in [1.165, 1.54) is 10.4 Å². The fourth-order valence-corrected chi connectivity index (χ4v) is 7.09. The molecule has 1 fully saturated rings. The third-order valence-electron chi connectivity index (χ3n) is 7.67. The minimum atomic E-state index is -3.81. The predicted octanol–water partition coefficient (Wildman–Crippen LogP) is 6.16. The van der Waals surface area contributed by atoms with Crippen molar-refractivity contribution >= 4 is 21.9 Å². The third kappa shape index (κ3) is 3.98. The number of hydrogen-bond acceptors (Lipinski definition) is 3. The number of aromatic amines is 1. The van der Waals surface area contributed by atoms with Gasteiger partial charge in [0.2, 0.25) is 0 Å². The lowest BCUT2D eigenvalue weighted by atomic mass is 9.68. The molecule has 0 radical (unpaired) electrons. The highest BCUT2D eigenvalue weighted by Gasteiger charge is 2.41. The lowest BCUT2D eigenvalue weighted by molar-refractivity contribution is 0.413.